The van der Waals surface area contributed by atoms with Gasteiger partial charge in [-0.1, -0.05) is 30.7 Å². The van der Waals surface area contributed by atoms with Crippen LogP contribution in [0.2, 0.25) is 0 Å². The van der Waals surface area contributed by atoms with Gasteiger partial charge in [0.2, 0.25) is 5.91 Å². The minimum atomic E-state index is -0.187. The fraction of sp³-hybridized carbons (Fsp3) is 0.579. The number of nitrogens with zero attached hydrogens (tertiary/aromatic N) is 1. The molecule has 1 heterocycles. The summed E-state index contributed by atoms with van der Waals surface area (Å²) in [7, 11) is 0. The van der Waals surface area contributed by atoms with Gasteiger partial charge in [-0.25, -0.2) is 0 Å². The summed E-state index contributed by atoms with van der Waals surface area (Å²) < 4.78 is 5.66. The molecule has 1 atom stereocenters. The summed E-state index contributed by atoms with van der Waals surface area (Å²) in [6, 6.07) is 7.92. The van der Waals surface area contributed by atoms with Crippen LogP contribution in [0, 0.1) is 0 Å². The minimum Gasteiger partial charge on any atom is -0.462 e. The van der Waals surface area contributed by atoms with Crippen LogP contribution in [0.5, 0.6) is 0 Å². The molecule has 1 aliphatic carbocycles. The van der Waals surface area contributed by atoms with E-state index < -0.39 is 0 Å². The first-order chi connectivity index (χ1) is 11.1. The molecule has 1 unspecified atom stereocenters. The standard InChI is InChI=1S/C19H25NO3/c1-14(21)20-12-11-15-7-5-6-10-17(15)18(20)13-19(22)23-16-8-3-2-4-9-16/h5-7,10,16,18H,2-4,8-9,11-13H2,1H3. The Balaban J connectivity index is 1.72. The van der Waals surface area contributed by atoms with Gasteiger partial charge in [0.05, 0.1) is 12.5 Å². The van der Waals surface area contributed by atoms with E-state index in [1.165, 1.54) is 12.0 Å². The lowest BCUT2D eigenvalue weighted by atomic mass is 9.90. The molecule has 0 saturated heterocycles. The van der Waals surface area contributed by atoms with Gasteiger partial charge in [-0.05, 0) is 43.2 Å². The molecular weight excluding hydrogens is 290 g/mol. The number of carbonyl (C=O) groups is 2. The van der Waals surface area contributed by atoms with Crippen molar-refractivity contribution in [1.29, 1.82) is 0 Å². The number of carbonyl (C=O) groups excluding carboxylic acids is 2. The van der Waals surface area contributed by atoms with Crippen LogP contribution in [-0.2, 0) is 20.7 Å². The molecule has 0 radical (unpaired) electrons. The van der Waals surface area contributed by atoms with E-state index in [0.717, 1.165) is 37.7 Å². The minimum absolute atomic E-state index is 0.0231. The monoisotopic (exact) mass is 315 g/mol. The molecule has 1 aromatic carbocycles. The predicted molar refractivity (Wildman–Crippen MR) is 87.9 cm³/mol. The molecule has 1 saturated carbocycles. The average molecular weight is 315 g/mol. The van der Waals surface area contributed by atoms with Gasteiger partial charge in [0.25, 0.3) is 0 Å². The smallest absolute Gasteiger partial charge is 0.308 e. The Hall–Kier alpha value is -1.84. The maximum absolute atomic E-state index is 12.4. The van der Waals surface area contributed by atoms with E-state index in [0.29, 0.717) is 6.54 Å². The third kappa shape index (κ3) is 3.74. The second kappa shape index (κ2) is 7.16. The van der Waals surface area contributed by atoms with E-state index in [9.17, 15) is 9.59 Å². The number of benzene rings is 1. The fourth-order valence-corrected chi connectivity index (χ4v) is 3.82. The highest BCUT2D eigenvalue weighted by molar-refractivity contribution is 5.77. The van der Waals surface area contributed by atoms with Gasteiger partial charge in [0, 0.05) is 13.5 Å². The van der Waals surface area contributed by atoms with Crippen molar-refractivity contribution in [2.75, 3.05) is 6.54 Å². The highest BCUT2D eigenvalue weighted by Crippen LogP contribution is 2.33. The van der Waals surface area contributed by atoms with Gasteiger partial charge in [-0.3, -0.25) is 9.59 Å². The molecule has 4 nitrogen and oxygen atoms in total. The predicted octanol–water partition coefficient (Wildman–Crippen LogP) is 3.40. The van der Waals surface area contributed by atoms with Crippen LogP contribution in [0.25, 0.3) is 0 Å². The van der Waals surface area contributed by atoms with E-state index in [-0.39, 0.29) is 30.4 Å². The number of hydrogen-bond donors (Lipinski definition) is 0. The Morgan fingerprint density at radius 2 is 1.91 bits per heavy atom. The number of rotatable bonds is 3. The molecule has 0 bridgehead atoms. The number of amides is 1. The largest absolute Gasteiger partial charge is 0.462 e. The van der Waals surface area contributed by atoms with E-state index in [4.69, 9.17) is 4.74 Å². The van der Waals surface area contributed by atoms with Gasteiger partial charge < -0.3 is 9.64 Å². The lowest BCUT2D eigenvalue weighted by Crippen LogP contribution is -2.40. The average Bonchev–Trinajstić information content (AvgIpc) is 2.55. The topological polar surface area (TPSA) is 46.6 Å². The Morgan fingerprint density at radius 3 is 2.65 bits per heavy atom. The van der Waals surface area contributed by atoms with Crippen molar-refractivity contribution in [2.24, 2.45) is 0 Å². The van der Waals surface area contributed by atoms with Crippen LogP contribution in [-0.4, -0.2) is 29.4 Å². The third-order valence-electron chi connectivity index (χ3n) is 5.03. The quantitative estimate of drug-likeness (QED) is 0.803. The molecule has 1 aliphatic heterocycles. The first kappa shape index (κ1) is 16.0. The summed E-state index contributed by atoms with van der Waals surface area (Å²) in [5.41, 5.74) is 2.33. The molecule has 1 fully saturated rings. The highest BCUT2D eigenvalue weighted by Gasteiger charge is 2.31. The van der Waals surface area contributed by atoms with Crippen molar-refractivity contribution < 1.29 is 14.3 Å². The lowest BCUT2D eigenvalue weighted by Gasteiger charge is -2.36. The summed E-state index contributed by atoms with van der Waals surface area (Å²) in [5.74, 6) is -0.153. The van der Waals surface area contributed by atoms with Crippen molar-refractivity contribution in [1.82, 2.24) is 4.90 Å². The van der Waals surface area contributed by atoms with Crippen LogP contribution in [0.3, 0.4) is 0 Å². The molecule has 1 aromatic rings. The van der Waals surface area contributed by atoms with Gasteiger partial charge >= 0.3 is 5.97 Å². The van der Waals surface area contributed by atoms with Crippen molar-refractivity contribution >= 4 is 11.9 Å². The Labute approximate surface area is 137 Å². The van der Waals surface area contributed by atoms with Gasteiger partial charge in [0.15, 0.2) is 0 Å². The van der Waals surface area contributed by atoms with Crippen molar-refractivity contribution in [3.8, 4) is 0 Å². The number of fused-ring (bicyclic) bond motifs is 1. The molecule has 2 aliphatic rings. The summed E-state index contributed by atoms with van der Waals surface area (Å²) in [4.78, 5) is 26.2. The first-order valence-electron chi connectivity index (χ1n) is 8.69. The number of ether oxygens (including phenoxy) is 1. The molecule has 0 spiro atoms. The van der Waals surface area contributed by atoms with E-state index in [1.807, 2.05) is 23.1 Å². The summed E-state index contributed by atoms with van der Waals surface area (Å²) in [6.07, 6.45) is 6.65. The molecule has 23 heavy (non-hydrogen) atoms. The fourth-order valence-electron chi connectivity index (χ4n) is 3.82. The number of esters is 1. The molecule has 0 aromatic heterocycles. The molecule has 124 valence electrons. The SMILES string of the molecule is CC(=O)N1CCc2ccccc2C1CC(=O)OC1CCCCC1. The molecule has 1 amide bonds. The van der Waals surface area contributed by atoms with E-state index >= 15 is 0 Å². The molecule has 0 N–H and O–H groups in total. The zero-order chi connectivity index (χ0) is 16.2. The van der Waals surface area contributed by atoms with Crippen LogP contribution < -0.4 is 0 Å². The van der Waals surface area contributed by atoms with Crippen LogP contribution in [0.1, 0.15) is 62.6 Å². The molecule has 3 rings (SSSR count). The van der Waals surface area contributed by atoms with Crippen molar-refractivity contribution in [2.45, 2.75) is 64.0 Å². The van der Waals surface area contributed by atoms with Gasteiger partial charge in [0.1, 0.15) is 6.10 Å². The third-order valence-corrected chi connectivity index (χ3v) is 5.03. The Morgan fingerprint density at radius 1 is 1.17 bits per heavy atom. The molecular formula is C19H25NO3. The normalized spacial score (nSPS) is 21.6. The summed E-state index contributed by atoms with van der Waals surface area (Å²) in [5, 5.41) is 0. The van der Waals surface area contributed by atoms with Crippen LogP contribution >= 0.6 is 0 Å². The van der Waals surface area contributed by atoms with Crippen molar-refractivity contribution in [3.05, 3.63) is 35.4 Å². The van der Waals surface area contributed by atoms with Crippen molar-refractivity contribution in [3.63, 3.8) is 0 Å². The van der Waals surface area contributed by atoms with E-state index in [1.54, 1.807) is 6.92 Å². The zero-order valence-electron chi connectivity index (χ0n) is 13.8. The van der Waals surface area contributed by atoms with E-state index in [2.05, 4.69) is 6.07 Å². The van der Waals surface area contributed by atoms with Gasteiger partial charge in [-0.15, -0.1) is 0 Å². The van der Waals surface area contributed by atoms with Crippen LogP contribution in [0.15, 0.2) is 24.3 Å². The Kier molecular flexibility index (Phi) is 4.99. The number of hydrogen-bond acceptors (Lipinski definition) is 3. The highest BCUT2D eigenvalue weighted by atomic mass is 16.5. The van der Waals surface area contributed by atoms with Gasteiger partial charge in [-0.2, -0.15) is 0 Å². The zero-order valence-corrected chi connectivity index (χ0v) is 13.8. The summed E-state index contributed by atoms with van der Waals surface area (Å²) in [6.45, 7) is 2.25. The second-order valence-electron chi connectivity index (χ2n) is 6.63. The summed E-state index contributed by atoms with van der Waals surface area (Å²) >= 11 is 0. The maximum Gasteiger partial charge on any atom is 0.308 e. The Bertz CT molecular complexity index is 578. The second-order valence-corrected chi connectivity index (χ2v) is 6.63. The molecule has 4 heteroatoms. The lowest BCUT2D eigenvalue weighted by molar-refractivity contribution is -0.152. The van der Waals surface area contributed by atoms with Crippen LogP contribution in [0.4, 0.5) is 0 Å². The first-order valence-corrected chi connectivity index (χ1v) is 8.69. The maximum atomic E-state index is 12.4.